The van der Waals surface area contributed by atoms with Crippen LogP contribution in [-0.4, -0.2) is 30.0 Å². The predicted molar refractivity (Wildman–Crippen MR) is 79.4 cm³/mol. The van der Waals surface area contributed by atoms with Gasteiger partial charge < -0.3 is 15.5 Å². The number of benzene rings is 1. The number of nitrogens with one attached hydrogen (secondary N) is 2. The summed E-state index contributed by atoms with van der Waals surface area (Å²) >= 11 is 5.03. The Bertz CT molecular complexity index is 623. The number of likely N-dealkylation sites (N-methyl/N-ethyl adjacent to an activating group) is 1. The third-order valence-corrected chi connectivity index (χ3v) is 3.41. The molecular weight excluding hydrogens is 296 g/mol. The van der Waals surface area contributed by atoms with Crippen molar-refractivity contribution < 1.29 is 13.6 Å². The fourth-order valence-corrected chi connectivity index (χ4v) is 2.49. The van der Waals surface area contributed by atoms with Crippen LogP contribution < -0.4 is 10.6 Å². The van der Waals surface area contributed by atoms with Crippen molar-refractivity contribution in [1.82, 2.24) is 15.5 Å². The van der Waals surface area contributed by atoms with E-state index in [1.165, 1.54) is 11.0 Å². The normalized spacial score (nSPS) is 18.1. The summed E-state index contributed by atoms with van der Waals surface area (Å²) in [7, 11) is 3.15. The summed E-state index contributed by atoms with van der Waals surface area (Å²) in [4.78, 5) is 13.7. The molecule has 112 valence electrons. The lowest BCUT2D eigenvalue weighted by molar-refractivity contribution is -0.125. The number of thiocarbonyl (C=S) groups is 1. The minimum atomic E-state index is -0.963. The predicted octanol–water partition coefficient (Wildman–Crippen LogP) is 1.85. The van der Waals surface area contributed by atoms with Crippen molar-refractivity contribution in [3.05, 3.63) is 46.7 Å². The summed E-state index contributed by atoms with van der Waals surface area (Å²) in [6.45, 7) is 1.65. The summed E-state index contributed by atoms with van der Waals surface area (Å²) in [5.41, 5.74) is 0.494. The van der Waals surface area contributed by atoms with Crippen LogP contribution in [0.5, 0.6) is 0 Å². The summed E-state index contributed by atoms with van der Waals surface area (Å²) in [6.07, 6.45) is 0. The van der Waals surface area contributed by atoms with Crippen LogP contribution in [-0.2, 0) is 4.79 Å². The molecular formula is C14H15F2N3OS. The Morgan fingerprint density at radius 3 is 2.38 bits per heavy atom. The van der Waals surface area contributed by atoms with Gasteiger partial charge in [0, 0.05) is 19.8 Å². The number of allylic oxidation sites excluding steroid dienone is 1. The molecule has 0 bridgehead atoms. The first kappa shape index (κ1) is 15.4. The van der Waals surface area contributed by atoms with Gasteiger partial charge in [-0.05, 0) is 31.3 Å². The highest BCUT2D eigenvalue weighted by molar-refractivity contribution is 7.80. The zero-order chi connectivity index (χ0) is 15.7. The number of carbonyl (C=O) groups is 1. The van der Waals surface area contributed by atoms with Crippen molar-refractivity contribution in [3.8, 4) is 0 Å². The van der Waals surface area contributed by atoms with E-state index in [2.05, 4.69) is 10.6 Å². The third kappa shape index (κ3) is 2.87. The van der Waals surface area contributed by atoms with Gasteiger partial charge in [0.05, 0.1) is 17.2 Å². The van der Waals surface area contributed by atoms with Crippen LogP contribution in [0.3, 0.4) is 0 Å². The topological polar surface area (TPSA) is 44.4 Å². The molecule has 0 saturated heterocycles. The first-order chi connectivity index (χ1) is 9.82. The lowest BCUT2D eigenvalue weighted by Crippen LogP contribution is -2.47. The van der Waals surface area contributed by atoms with Gasteiger partial charge in [-0.1, -0.05) is 6.07 Å². The Balaban J connectivity index is 2.61. The van der Waals surface area contributed by atoms with Gasteiger partial charge in [0.2, 0.25) is 0 Å². The number of hydrogen-bond donors (Lipinski definition) is 2. The average molecular weight is 311 g/mol. The van der Waals surface area contributed by atoms with Crippen molar-refractivity contribution in [2.24, 2.45) is 0 Å². The van der Waals surface area contributed by atoms with E-state index >= 15 is 0 Å². The number of rotatable bonds is 2. The largest absolute Gasteiger partial charge is 0.351 e. The maximum atomic E-state index is 14.0. The highest BCUT2D eigenvalue weighted by Gasteiger charge is 2.34. The summed E-state index contributed by atoms with van der Waals surface area (Å²) in [5, 5.41) is 5.79. The van der Waals surface area contributed by atoms with Gasteiger partial charge in [-0.15, -0.1) is 0 Å². The Morgan fingerprint density at radius 2 is 1.86 bits per heavy atom. The van der Waals surface area contributed by atoms with E-state index in [1.807, 2.05) is 0 Å². The molecule has 1 aromatic rings. The monoisotopic (exact) mass is 311 g/mol. The van der Waals surface area contributed by atoms with E-state index in [1.54, 1.807) is 21.0 Å². The number of nitrogens with zero attached hydrogens (tertiary/aromatic N) is 1. The molecule has 0 spiro atoms. The molecule has 7 heteroatoms. The molecule has 1 unspecified atom stereocenters. The lowest BCUT2D eigenvalue weighted by atomic mass is 9.94. The number of amides is 1. The SMILES string of the molecule is CC1=C(C(=O)N(C)C)C(c2c(F)cccc2F)NC(=S)N1. The van der Waals surface area contributed by atoms with Gasteiger partial charge >= 0.3 is 0 Å². The zero-order valence-electron chi connectivity index (χ0n) is 11.8. The Hall–Kier alpha value is -2.02. The summed E-state index contributed by atoms with van der Waals surface area (Å²) in [6, 6.07) is 2.61. The van der Waals surface area contributed by atoms with Crippen molar-refractivity contribution in [1.29, 1.82) is 0 Å². The number of halogens is 2. The second-order valence-electron chi connectivity index (χ2n) is 4.91. The van der Waals surface area contributed by atoms with Crippen LogP contribution in [0, 0.1) is 11.6 Å². The summed E-state index contributed by atoms with van der Waals surface area (Å²) < 4.78 is 28.1. The molecule has 0 radical (unpaired) electrons. The fourth-order valence-electron chi connectivity index (χ4n) is 2.22. The number of hydrogen-bond acceptors (Lipinski definition) is 2. The molecule has 1 atom stereocenters. The quantitative estimate of drug-likeness (QED) is 0.818. The minimum absolute atomic E-state index is 0.217. The molecule has 0 aromatic heterocycles. The van der Waals surface area contributed by atoms with Crippen LogP contribution in [0.15, 0.2) is 29.5 Å². The molecule has 2 rings (SSSR count). The summed E-state index contributed by atoms with van der Waals surface area (Å²) in [5.74, 6) is -1.80. The highest BCUT2D eigenvalue weighted by Crippen LogP contribution is 2.31. The lowest BCUT2D eigenvalue weighted by Gasteiger charge is -2.31. The first-order valence-electron chi connectivity index (χ1n) is 6.26. The standard InChI is InChI=1S/C14H15F2N3OS/c1-7-10(13(20)19(2)3)12(18-14(21)17-7)11-8(15)5-4-6-9(11)16/h4-6,12H,1-3H3,(H2,17,18,21). The van der Waals surface area contributed by atoms with Gasteiger partial charge in [-0.25, -0.2) is 8.78 Å². The Kier molecular flexibility index (Phi) is 4.22. The molecule has 1 amide bonds. The van der Waals surface area contributed by atoms with Gasteiger partial charge in [0.15, 0.2) is 5.11 Å². The molecule has 4 nitrogen and oxygen atoms in total. The molecule has 1 aliphatic rings. The highest BCUT2D eigenvalue weighted by atomic mass is 32.1. The van der Waals surface area contributed by atoms with Gasteiger partial charge in [0.1, 0.15) is 11.6 Å². The van der Waals surface area contributed by atoms with Crippen molar-refractivity contribution >= 4 is 23.2 Å². The average Bonchev–Trinajstić information content (AvgIpc) is 2.37. The minimum Gasteiger partial charge on any atom is -0.351 e. The van der Waals surface area contributed by atoms with E-state index in [-0.39, 0.29) is 22.2 Å². The number of carbonyl (C=O) groups excluding carboxylic acids is 1. The van der Waals surface area contributed by atoms with E-state index in [4.69, 9.17) is 12.2 Å². The van der Waals surface area contributed by atoms with Gasteiger partial charge in [-0.2, -0.15) is 0 Å². The van der Waals surface area contributed by atoms with E-state index in [9.17, 15) is 13.6 Å². The molecule has 2 N–H and O–H groups in total. The smallest absolute Gasteiger partial charge is 0.253 e. The molecule has 0 aliphatic carbocycles. The fraction of sp³-hybridized carbons (Fsp3) is 0.286. The van der Waals surface area contributed by atoms with Crippen LogP contribution in [0.2, 0.25) is 0 Å². The molecule has 1 heterocycles. The second-order valence-corrected chi connectivity index (χ2v) is 5.31. The van der Waals surface area contributed by atoms with Crippen LogP contribution in [0.1, 0.15) is 18.5 Å². The van der Waals surface area contributed by atoms with Gasteiger partial charge in [0.25, 0.3) is 5.91 Å². The van der Waals surface area contributed by atoms with Crippen LogP contribution in [0.25, 0.3) is 0 Å². The molecule has 1 aromatic carbocycles. The maximum Gasteiger partial charge on any atom is 0.253 e. The second kappa shape index (κ2) is 5.77. The molecule has 0 fully saturated rings. The van der Waals surface area contributed by atoms with E-state index in [0.717, 1.165) is 12.1 Å². The third-order valence-electron chi connectivity index (χ3n) is 3.19. The van der Waals surface area contributed by atoms with Crippen molar-refractivity contribution in [2.45, 2.75) is 13.0 Å². The van der Waals surface area contributed by atoms with Crippen LogP contribution >= 0.6 is 12.2 Å². The first-order valence-corrected chi connectivity index (χ1v) is 6.67. The van der Waals surface area contributed by atoms with Crippen molar-refractivity contribution in [3.63, 3.8) is 0 Å². The molecule has 1 aliphatic heterocycles. The maximum absolute atomic E-state index is 14.0. The van der Waals surface area contributed by atoms with Crippen molar-refractivity contribution in [2.75, 3.05) is 14.1 Å². The van der Waals surface area contributed by atoms with E-state index in [0.29, 0.717) is 5.70 Å². The molecule has 21 heavy (non-hydrogen) atoms. The Labute approximate surface area is 126 Å². The molecule has 0 saturated carbocycles. The van der Waals surface area contributed by atoms with E-state index < -0.39 is 17.7 Å². The Morgan fingerprint density at radius 1 is 1.29 bits per heavy atom. The zero-order valence-corrected chi connectivity index (χ0v) is 12.6. The van der Waals surface area contributed by atoms with Crippen LogP contribution in [0.4, 0.5) is 8.78 Å². The van der Waals surface area contributed by atoms with Gasteiger partial charge in [-0.3, -0.25) is 4.79 Å².